The monoisotopic (exact) mass is 307 g/mol. The van der Waals surface area contributed by atoms with Crippen molar-refractivity contribution in [3.8, 4) is 17.0 Å². The average Bonchev–Trinajstić information content (AvgIpc) is 2.56. The predicted octanol–water partition coefficient (Wildman–Crippen LogP) is 3.65. The number of nitrogens with one attached hydrogen (secondary N) is 1. The van der Waals surface area contributed by atoms with Gasteiger partial charge in [-0.15, -0.1) is 0 Å². The lowest BCUT2D eigenvalue weighted by molar-refractivity contribution is -0.114. The largest absolute Gasteiger partial charge is 0.478 e. The number of hydrogen-bond acceptors (Lipinski definition) is 4. The minimum absolute atomic E-state index is 0.124. The SMILES string of the molecule is CCOc1ncccc1-c1ccc(NC(C)=O)c2ncccc12. The number of anilines is 1. The molecule has 2 aromatic heterocycles. The van der Waals surface area contributed by atoms with Crippen LogP contribution in [0.3, 0.4) is 0 Å². The molecule has 0 saturated heterocycles. The van der Waals surface area contributed by atoms with Crippen LogP contribution in [-0.4, -0.2) is 22.5 Å². The Labute approximate surface area is 134 Å². The van der Waals surface area contributed by atoms with Gasteiger partial charge in [0.2, 0.25) is 11.8 Å². The fourth-order valence-corrected chi connectivity index (χ4v) is 2.55. The van der Waals surface area contributed by atoms with Crippen LogP contribution in [0.25, 0.3) is 22.0 Å². The second kappa shape index (κ2) is 6.44. The van der Waals surface area contributed by atoms with Crippen molar-refractivity contribution in [1.29, 1.82) is 0 Å². The van der Waals surface area contributed by atoms with Gasteiger partial charge in [-0.2, -0.15) is 0 Å². The Morgan fingerprint density at radius 3 is 2.65 bits per heavy atom. The Morgan fingerprint density at radius 1 is 1.09 bits per heavy atom. The van der Waals surface area contributed by atoms with Gasteiger partial charge in [-0.1, -0.05) is 12.1 Å². The van der Waals surface area contributed by atoms with Gasteiger partial charge in [-0.05, 0) is 36.8 Å². The standard InChI is InChI=1S/C18H17N3O2/c1-3-23-18-15(7-5-11-20-18)13-8-9-16(21-12(2)22)17-14(13)6-4-10-19-17/h4-11H,3H2,1-2H3,(H,21,22). The van der Waals surface area contributed by atoms with Crippen molar-refractivity contribution in [2.24, 2.45) is 0 Å². The number of fused-ring (bicyclic) bond motifs is 1. The van der Waals surface area contributed by atoms with Gasteiger partial charge < -0.3 is 10.1 Å². The molecule has 5 nitrogen and oxygen atoms in total. The van der Waals surface area contributed by atoms with Gasteiger partial charge in [0, 0.05) is 30.3 Å². The van der Waals surface area contributed by atoms with Crippen molar-refractivity contribution in [3.63, 3.8) is 0 Å². The van der Waals surface area contributed by atoms with Gasteiger partial charge in [0.05, 0.1) is 17.8 Å². The maximum absolute atomic E-state index is 11.4. The topological polar surface area (TPSA) is 64.1 Å². The number of carbonyl (C=O) groups is 1. The first-order chi connectivity index (χ1) is 11.2. The van der Waals surface area contributed by atoms with E-state index in [1.807, 2.05) is 43.3 Å². The Kier molecular flexibility index (Phi) is 4.19. The first-order valence-electron chi connectivity index (χ1n) is 7.44. The molecule has 116 valence electrons. The zero-order valence-corrected chi connectivity index (χ0v) is 13.0. The lowest BCUT2D eigenvalue weighted by atomic mass is 10.0. The van der Waals surface area contributed by atoms with Crippen molar-refractivity contribution in [2.75, 3.05) is 11.9 Å². The van der Waals surface area contributed by atoms with E-state index in [2.05, 4.69) is 15.3 Å². The van der Waals surface area contributed by atoms with Crippen LogP contribution in [0.15, 0.2) is 48.8 Å². The number of amides is 1. The Bertz CT molecular complexity index is 862. The van der Waals surface area contributed by atoms with Gasteiger partial charge in [0.1, 0.15) is 0 Å². The molecular formula is C18H17N3O2. The number of pyridine rings is 2. The molecule has 23 heavy (non-hydrogen) atoms. The summed E-state index contributed by atoms with van der Waals surface area (Å²) in [5.41, 5.74) is 3.31. The molecule has 2 heterocycles. The summed E-state index contributed by atoms with van der Waals surface area (Å²) in [7, 11) is 0. The second-order valence-electron chi connectivity index (χ2n) is 5.03. The van der Waals surface area contributed by atoms with Crippen LogP contribution in [-0.2, 0) is 4.79 Å². The quantitative estimate of drug-likeness (QED) is 0.799. The van der Waals surface area contributed by atoms with Crippen molar-refractivity contribution >= 4 is 22.5 Å². The van der Waals surface area contributed by atoms with Crippen LogP contribution in [0, 0.1) is 0 Å². The molecule has 0 spiro atoms. The van der Waals surface area contributed by atoms with E-state index in [-0.39, 0.29) is 5.91 Å². The summed E-state index contributed by atoms with van der Waals surface area (Å²) < 4.78 is 5.63. The third-order valence-electron chi connectivity index (χ3n) is 3.42. The van der Waals surface area contributed by atoms with Crippen molar-refractivity contribution in [2.45, 2.75) is 13.8 Å². The number of hydrogen-bond donors (Lipinski definition) is 1. The van der Waals surface area contributed by atoms with Crippen LogP contribution in [0.5, 0.6) is 5.88 Å². The molecule has 0 saturated carbocycles. The van der Waals surface area contributed by atoms with Crippen LogP contribution >= 0.6 is 0 Å². The normalized spacial score (nSPS) is 10.5. The van der Waals surface area contributed by atoms with Gasteiger partial charge in [0.25, 0.3) is 0 Å². The summed E-state index contributed by atoms with van der Waals surface area (Å²) in [6.45, 7) is 3.96. The molecule has 0 fully saturated rings. The predicted molar refractivity (Wildman–Crippen MR) is 90.4 cm³/mol. The van der Waals surface area contributed by atoms with Gasteiger partial charge in [-0.25, -0.2) is 4.98 Å². The molecule has 1 aromatic carbocycles. The van der Waals surface area contributed by atoms with E-state index in [0.717, 1.165) is 22.0 Å². The smallest absolute Gasteiger partial charge is 0.221 e. The molecule has 0 aliphatic rings. The summed E-state index contributed by atoms with van der Waals surface area (Å²) in [4.78, 5) is 20.1. The summed E-state index contributed by atoms with van der Waals surface area (Å²) >= 11 is 0. The minimum Gasteiger partial charge on any atom is -0.478 e. The molecule has 1 amide bonds. The van der Waals surface area contributed by atoms with E-state index in [1.165, 1.54) is 6.92 Å². The second-order valence-corrected chi connectivity index (χ2v) is 5.03. The van der Waals surface area contributed by atoms with Crippen LogP contribution in [0.4, 0.5) is 5.69 Å². The number of aromatic nitrogens is 2. The Balaban J connectivity index is 2.22. The van der Waals surface area contributed by atoms with E-state index < -0.39 is 0 Å². The van der Waals surface area contributed by atoms with Crippen LogP contribution < -0.4 is 10.1 Å². The molecule has 3 rings (SSSR count). The summed E-state index contributed by atoms with van der Waals surface area (Å²) in [5.74, 6) is 0.466. The molecule has 5 heteroatoms. The lowest BCUT2D eigenvalue weighted by Crippen LogP contribution is -2.06. The van der Waals surface area contributed by atoms with Crippen molar-refractivity contribution < 1.29 is 9.53 Å². The number of benzene rings is 1. The fraction of sp³-hybridized carbons (Fsp3) is 0.167. The number of nitrogens with zero attached hydrogens (tertiary/aromatic N) is 2. The fourth-order valence-electron chi connectivity index (χ4n) is 2.55. The van der Waals surface area contributed by atoms with E-state index in [0.29, 0.717) is 18.2 Å². The minimum atomic E-state index is -0.124. The Morgan fingerprint density at radius 2 is 1.87 bits per heavy atom. The zero-order chi connectivity index (χ0) is 16.2. The summed E-state index contributed by atoms with van der Waals surface area (Å²) in [5, 5.41) is 3.76. The summed E-state index contributed by atoms with van der Waals surface area (Å²) in [6, 6.07) is 11.5. The van der Waals surface area contributed by atoms with Crippen molar-refractivity contribution in [3.05, 3.63) is 48.8 Å². The van der Waals surface area contributed by atoms with Gasteiger partial charge in [-0.3, -0.25) is 9.78 Å². The molecule has 1 N–H and O–H groups in total. The molecule has 0 atom stereocenters. The highest BCUT2D eigenvalue weighted by atomic mass is 16.5. The highest BCUT2D eigenvalue weighted by Gasteiger charge is 2.13. The Hall–Kier alpha value is -2.95. The maximum Gasteiger partial charge on any atom is 0.221 e. The zero-order valence-electron chi connectivity index (χ0n) is 13.0. The van der Waals surface area contributed by atoms with Crippen molar-refractivity contribution in [1.82, 2.24) is 9.97 Å². The molecule has 0 radical (unpaired) electrons. The van der Waals surface area contributed by atoms with Gasteiger partial charge in [0.15, 0.2) is 0 Å². The first kappa shape index (κ1) is 15.0. The molecular weight excluding hydrogens is 290 g/mol. The van der Waals surface area contributed by atoms with Crippen LogP contribution in [0.1, 0.15) is 13.8 Å². The molecule has 3 aromatic rings. The maximum atomic E-state index is 11.4. The third-order valence-corrected chi connectivity index (χ3v) is 3.42. The third kappa shape index (κ3) is 2.99. The molecule has 0 aliphatic carbocycles. The van der Waals surface area contributed by atoms with E-state index >= 15 is 0 Å². The number of ether oxygens (including phenoxy) is 1. The first-order valence-corrected chi connectivity index (χ1v) is 7.44. The molecule has 0 aliphatic heterocycles. The van der Waals surface area contributed by atoms with E-state index in [1.54, 1.807) is 12.4 Å². The van der Waals surface area contributed by atoms with E-state index in [9.17, 15) is 4.79 Å². The molecule has 0 bridgehead atoms. The summed E-state index contributed by atoms with van der Waals surface area (Å²) in [6.07, 6.45) is 3.42. The molecule has 0 unspecified atom stereocenters. The lowest BCUT2D eigenvalue weighted by Gasteiger charge is -2.13. The van der Waals surface area contributed by atoms with Gasteiger partial charge >= 0.3 is 0 Å². The average molecular weight is 307 g/mol. The number of carbonyl (C=O) groups excluding carboxylic acids is 1. The number of rotatable bonds is 4. The highest BCUT2D eigenvalue weighted by Crippen LogP contribution is 2.35. The van der Waals surface area contributed by atoms with Crippen LogP contribution in [0.2, 0.25) is 0 Å². The van der Waals surface area contributed by atoms with E-state index in [4.69, 9.17) is 4.74 Å². The highest BCUT2D eigenvalue weighted by molar-refractivity contribution is 6.05.